The van der Waals surface area contributed by atoms with Crippen molar-refractivity contribution in [3.8, 4) is 35.4 Å². The number of hydrogen-bond donors (Lipinski definition) is 0. The Labute approximate surface area is 158 Å². The first kappa shape index (κ1) is 21.0. The third-order valence-corrected chi connectivity index (χ3v) is 3.74. The van der Waals surface area contributed by atoms with E-state index in [0.717, 1.165) is 36.4 Å². The van der Waals surface area contributed by atoms with Gasteiger partial charge in [0.05, 0.1) is 10.4 Å². The SMILES string of the molecule is N#CC(C#N)=c1c(F)c(C(F)(F)F)c(=C(C#N)C#N)c(F)c1-c1ccc(F)cc1. The van der Waals surface area contributed by atoms with Crippen LogP contribution in [-0.2, 0) is 6.18 Å². The fraction of sp³-hybridized carbons (Fsp3) is 0.0526. The van der Waals surface area contributed by atoms with Gasteiger partial charge in [0.2, 0.25) is 0 Å². The Balaban J connectivity index is 3.44. The molecule has 0 radical (unpaired) electrons. The molecule has 29 heavy (non-hydrogen) atoms. The van der Waals surface area contributed by atoms with Gasteiger partial charge in [-0.1, -0.05) is 12.1 Å². The van der Waals surface area contributed by atoms with Crippen LogP contribution in [0.4, 0.5) is 26.3 Å². The molecule has 0 fully saturated rings. The first-order valence-corrected chi connectivity index (χ1v) is 7.35. The van der Waals surface area contributed by atoms with Gasteiger partial charge >= 0.3 is 6.18 Å². The lowest BCUT2D eigenvalue weighted by atomic mass is 9.93. The zero-order valence-electron chi connectivity index (χ0n) is 13.9. The van der Waals surface area contributed by atoms with Crippen molar-refractivity contribution >= 4 is 11.1 Å². The van der Waals surface area contributed by atoms with Crippen LogP contribution in [0.15, 0.2) is 24.3 Å². The van der Waals surface area contributed by atoms with E-state index in [4.69, 9.17) is 21.0 Å². The summed E-state index contributed by atoms with van der Waals surface area (Å²) in [5.41, 5.74) is -6.25. The third-order valence-electron chi connectivity index (χ3n) is 3.74. The molecule has 0 spiro atoms. The predicted octanol–water partition coefficient (Wildman–Crippen LogP) is 3.19. The maximum absolute atomic E-state index is 15.2. The van der Waals surface area contributed by atoms with E-state index in [2.05, 4.69) is 0 Å². The second-order valence-corrected chi connectivity index (χ2v) is 5.33. The van der Waals surface area contributed by atoms with Gasteiger partial charge in [0.15, 0.2) is 0 Å². The van der Waals surface area contributed by atoms with E-state index in [0.29, 0.717) is 0 Å². The van der Waals surface area contributed by atoms with Crippen molar-refractivity contribution in [1.29, 1.82) is 21.0 Å². The minimum Gasteiger partial charge on any atom is -0.207 e. The molecule has 0 aliphatic carbocycles. The van der Waals surface area contributed by atoms with Gasteiger partial charge < -0.3 is 0 Å². The molecular weight excluding hydrogens is 398 g/mol. The van der Waals surface area contributed by atoms with Crippen LogP contribution in [0, 0.1) is 62.8 Å². The Hall–Kier alpha value is -4.28. The van der Waals surface area contributed by atoms with Crippen molar-refractivity contribution in [2.75, 3.05) is 0 Å². The fourth-order valence-electron chi connectivity index (χ4n) is 2.59. The Bertz CT molecular complexity index is 1260. The molecule has 0 saturated carbocycles. The molecular formula is C19H4F6N4. The summed E-state index contributed by atoms with van der Waals surface area (Å²) in [7, 11) is 0. The van der Waals surface area contributed by atoms with Crippen molar-refractivity contribution in [3.63, 3.8) is 0 Å². The van der Waals surface area contributed by atoms with E-state index in [1.807, 2.05) is 0 Å². The van der Waals surface area contributed by atoms with Crippen molar-refractivity contribution in [3.05, 3.63) is 57.7 Å². The summed E-state index contributed by atoms with van der Waals surface area (Å²) in [5, 5.41) is 32.9. The maximum atomic E-state index is 15.2. The first-order valence-electron chi connectivity index (χ1n) is 7.35. The molecule has 2 aromatic rings. The lowest BCUT2D eigenvalue weighted by Gasteiger charge is -2.15. The molecule has 0 amide bonds. The summed E-state index contributed by atoms with van der Waals surface area (Å²) >= 11 is 0. The van der Waals surface area contributed by atoms with Gasteiger partial charge in [-0.25, -0.2) is 13.2 Å². The van der Waals surface area contributed by atoms with Gasteiger partial charge in [-0.05, 0) is 17.7 Å². The number of nitriles is 4. The summed E-state index contributed by atoms with van der Waals surface area (Å²) in [6.45, 7) is 0. The molecule has 142 valence electrons. The Morgan fingerprint density at radius 1 is 0.690 bits per heavy atom. The van der Waals surface area contributed by atoms with Crippen LogP contribution >= 0.6 is 0 Å². The number of benzene rings is 2. The minimum absolute atomic E-state index is 0.383. The highest BCUT2D eigenvalue weighted by atomic mass is 19.4. The van der Waals surface area contributed by atoms with Crippen LogP contribution in [0.5, 0.6) is 0 Å². The van der Waals surface area contributed by atoms with Crippen molar-refractivity contribution in [2.24, 2.45) is 0 Å². The van der Waals surface area contributed by atoms with E-state index < -0.39 is 56.3 Å². The Morgan fingerprint density at radius 3 is 1.55 bits per heavy atom. The standard InChI is InChI=1S/C19H4F6N4/c20-12-3-1-9(2-4-12)13-14(10(5-26)6-27)18(22)16(19(23,24)25)15(17(13)21)11(7-28)8-29/h1-4H. The summed E-state index contributed by atoms with van der Waals surface area (Å²) in [6.07, 6.45) is -5.58. The fourth-order valence-corrected chi connectivity index (χ4v) is 2.59. The lowest BCUT2D eigenvalue weighted by Crippen LogP contribution is -2.34. The molecule has 2 rings (SSSR count). The van der Waals surface area contributed by atoms with E-state index in [1.165, 1.54) is 12.1 Å². The molecule has 0 saturated heterocycles. The normalized spacial score (nSPS) is 10.3. The highest BCUT2D eigenvalue weighted by molar-refractivity contribution is 5.81. The highest BCUT2D eigenvalue weighted by Gasteiger charge is 2.39. The Kier molecular flexibility index (Phi) is 5.63. The Morgan fingerprint density at radius 2 is 1.14 bits per heavy atom. The van der Waals surface area contributed by atoms with Gasteiger partial charge in [-0.15, -0.1) is 0 Å². The van der Waals surface area contributed by atoms with Crippen LogP contribution in [0.3, 0.4) is 0 Å². The van der Waals surface area contributed by atoms with Crippen LogP contribution in [-0.4, -0.2) is 0 Å². The quantitative estimate of drug-likeness (QED) is 0.685. The van der Waals surface area contributed by atoms with Gasteiger partial charge in [0, 0.05) is 5.56 Å². The van der Waals surface area contributed by atoms with E-state index >= 15 is 4.39 Å². The molecule has 4 nitrogen and oxygen atoms in total. The zero-order chi connectivity index (χ0) is 21.9. The van der Waals surface area contributed by atoms with Crippen LogP contribution in [0.1, 0.15) is 5.56 Å². The second kappa shape index (κ2) is 7.76. The van der Waals surface area contributed by atoms with Crippen LogP contribution in [0.25, 0.3) is 22.3 Å². The number of halogens is 6. The second-order valence-electron chi connectivity index (χ2n) is 5.33. The van der Waals surface area contributed by atoms with Crippen LogP contribution < -0.4 is 10.4 Å². The summed E-state index contributed by atoms with van der Waals surface area (Å²) in [5.74, 6) is -4.88. The highest BCUT2D eigenvalue weighted by Crippen LogP contribution is 2.31. The van der Waals surface area contributed by atoms with Crippen molar-refractivity contribution in [2.45, 2.75) is 6.18 Å². The topological polar surface area (TPSA) is 95.2 Å². The van der Waals surface area contributed by atoms with Crippen LogP contribution in [0.2, 0.25) is 0 Å². The summed E-state index contributed by atoms with van der Waals surface area (Å²) in [6, 6.07) is 7.81. The summed E-state index contributed by atoms with van der Waals surface area (Å²) in [4.78, 5) is 0. The average molecular weight is 402 g/mol. The molecule has 0 atom stereocenters. The van der Waals surface area contributed by atoms with E-state index in [-0.39, 0.29) is 5.56 Å². The van der Waals surface area contributed by atoms with E-state index in [9.17, 15) is 22.0 Å². The van der Waals surface area contributed by atoms with Gasteiger partial charge in [0.25, 0.3) is 0 Å². The monoisotopic (exact) mass is 402 g/mol. The molecule has 0 heterocycles. The molecule has 0 unspecified atom stereocenters. The molecule has 2 aromatic carbocycles. The van der Waals surface area contributed by atoms with Gasteiger partial charge in [0.1, 0.15) is 58.4 Å². The number of rotatable bonds is 1. The zero-order valence-corrected chi connectivity index (χ0v) is 13.9. The molecule has 0 N–H and O–H groups in total. The lowest BCUT2D eigenvalue weighted by molar-refractivity contribution is -0.141. The molecule has 10 heteroatoms. The smallest absolute Gasteiger partial charge is 0.207 e. The molecule has 0 aliphatic rings. The molecule has 0 aliphatic heterocycles. The first-order chi connectivity index (χ1) is 13.6. The predicted molar refractivity (Wildman–Crippen MR) is 85.3 cm³/mol. The molecule has 0 bridgehead atoms. The van der Waals surface area contributed by atoms with Crippen molar-refractivity contribution < 1.29 is 26.3 Å². The van der Waals surface area contributed by atoms with E-state index in [1.54, 1.807) is 0 Å². The largest absolute Gasteiger partial charge is 0.420 e. The minimum atomic E-state index is -5.58. The average Bonchev–Trinajstić information content (AvgIpc) is 2.67. The number of alkyl halides is 3. The summed E-state index contributed by atoms with van der Waals surface area (Å²) < 4.78 is 83.9. The van der Waals surface area contributed by atoms with Gasteiger partial charge in [-0.2, -0.15) is 34.2 Å². The number of nitrogens with zero attached hydrogens (tertiary/aromatic N) is 4. The number of hydrogen-bond acceptors (Lipinski definition) is 4. The van der Waals surface area contributed by atoms with Crippen molar-refractivity contribution in [1.82, 2.24) is 0 Å². The van der Waals surface area contributed by atoms with Gasteiger partial charge in [-0.3, -0.25) is 0 Å². The molecule has 0 aromatic heterocycles. The maximum Gasteiger partial charge on any atom is 0.420 e. The third kappa shape index (κ3) is 3.60.